The van der Waals surface area contributed by atoms with Crippen molar-refractivity contribution in [3.63, 3.8) is 0 Å². The SMILES string of the molecule is CCCCS(=O)C(CC)c1cc(=O)oc2ccc(Br)cc12. The van der Waals surface area contributed by atoms with E-state index in [2.05, 4.69) is 22.9 Å². The molecule has 1 heterocycles. The lowest BCUT2D eigenvalue weighted by Gasteiger charge is -2.16. The van der Waals surface area contributed by atoms with Crippen LogP contribution in [0.2, 0.25) is 0 Å². The van der Waals surface area contributed by atoms with Crippen LogP contribution in [-0.2, 0) is 10.8 Å². The second kappa shape index (κ2) is 7.36. The fourth-order valence-corrected chi connectivity index (χ4v) is 4.47. The van der Waals surface area contributed by atoms with Crippen molar-refractivity contribution in [2.75, 3.05) is 5.75 Å². The lowest BCUT2D eigenvalue weighted by Crippen LogP contribution is -2.12. The second-order valence-electron chi connectivity index (χ2n) is 5.00. The predicted octanol–water partition coefficient (Wildman–Crippen LogP) is 4.56. The molecule has 0 spiro atoms. The fraction of sp³-hybridized carbons (Fsp3) is 0.438. The molecular formula is C16H19BrO3S. The van der Waals surface area contributed by atoms with Gasteiger partial charge in [0.2, 0.25) is 0 Å². The minimum absolute atomic E-state index is 0.127. The van der Waals surface area contributed by atoms with E-state index in [4.69, 9.17) is 4.42 Å². The third kappa shape index (κ3) is 3.83. The zero-order chi connectivity index (χ0) is 15.4. The fourth-order valence-electron chi connectivity index (χ4n) is 2.40. The molecule has 2 rings (SSSR count). The Kier molecular flexibility index (Phi) is 5.76. The first-order valence-electron chi connectivity index (χ1n) is 7.17. The molecule has 0 aliphatic heterocycles. The van der Waals surface area contributed by atoms with Crippen LogP contribution in [0.5, 0.6) is 0 Å². The van der Waals surface area contributed by atoms with Gasteiger partial charge in [0.25, 0.3) is 0 Å². The molecule has 0 saturated carbocycles. The Morgan fingerprint density at radius 1 is 1.29 bits per heavy atom. The molecule has 0 amide bonds. The highest BCUT2D eigenvalue weighted by molar-refractivity contribution is 9.10. The van der Waals surface area contributed by atoms with Crippen LogP contribution < -0.4 is 5.63 Å². The van der Waals surface area contributed by atoms with Gasteiger partial charge in [-0.25, -0.2) is 4.79 Å². The molecule has 0 fully saturated rings. The van der Waals surface area contributed by atoms with Gasteiger partial charge in [-0.15, -0.1) is 0 Å². The van der Waals surface area contributed by atoms with E-state index in [1.54, 1.807) is 6.07 Å². The molecule has 0 radical (unpaired) electrons. The maximum Gasteiger partial charge on any atom is 0.336 e. The second-order valence-corrected chi connectivity index (χ2v) is 7.65. The first-order chi connectivity index (χ1) is 10.1. The molecule has 0 saturated heterocycles. The van der Waals surface area contributed by atoms with E-state index in [9.17, 15) is 9.00 Å². The maximum atomic E-state index is 12.5. The largest absolute Gasteiger partial charge is 0.423 e. The van der Waals surface area contributed by atoms with Gasteiger partial charge in [0.1, 0.15) is 5.58 Å². The van der Waals surface area contributed by atoms with Crippen molar-refractivity contribution in [2.45, 2.75) is 38.4 Å². The molecule has 0 aliphatic rings. The highest BCUT2D eigenvalue weighted by Gasteiger charge is 2.20. The average Bonchev–Trinajstić information content (AvgIpc) is 2.46. The molecule has 2 unspecified atom stereocenters. The zero-order valence-electron chi connectivity index (χ0n) is 12.2. The summed E-state index contributed by atoms with van der Waals surface area (Å²) in [5, 5.41) is 0.734. The zero-order valence-corrected chi connectivity index (χ0v) is 14.6. The Morgan fingerprint density at radius 3 is 2.71 bits per heavy atom. The number of benzene rings is 1. The van der Waals surface area contributed by atoms with Crippen molar-refractivity contribution >= 4 is 37.7 Å². The summed E-state index contributed by atoms with van der Waals surface area (Å²) in [7, 11) is -0.975. The highest BCUT2D eigenvalue weighted by atomic mass is 79.9. The van der Waals surface area contributed by atoms with E-state index in [1.807, 2.05) is 19.1 Å². The molecule has 0 bridgehead atoms. The summed E-state index contributed by atoms with van der Waals surface area (Å²) < 4.78 is 18.7. The number of halogens is 1. The third-order valence-electron chi connectivity index (χ3n) is 3.47. The molecule has 3 nitrogen and oxygen atoms in total. The van der Waals surface area contributed by atoms with Gasteiger partial charge in [-0.2, -0.15) is 0 Å². The van der Waals surface area contributed by atoms with E-state index in [-0.39, 0.29) is 10.9 Å². The third-order valence-corrected chi connectivity index (χ3v) is 5.88. The van der Waals surface area contributed by atoms with Gasteiger partial charge in [0, 0.05) is 32.5 Å². The van der Waals surface area contributed by atoms with Crippen molar-refractivity contribution in [3.8, 4) is 0 Å². The lowest BCUT2D eigenvalue weighted by atomic mass is 10.1. The molecule has 2 atom stereocenters. The van der Waals surface area contributed by atoms with Gasteiger partial charge < -0.3 is 4.42 Å². The minimum atomic E-state index is -0.975. The van der Waals surface area contributed by atoms with Crippen molar-refractivity contribution in [1.29, 1.82) is 0 Å². The first-order valence-corrected chi connectivity index (χ1v) is 9.34. The monoisotopic (exact) mass is 370 g/mol. The van der Waals surface area contributed by atoms with E-state index < -0.39 is 10.8 Å². The first kappa shape index (κ1) is 16.4. The molecule has 114 valence electrons. The smallest absolute Gasteiger partial charge is 0.336 e. The van der Waals surface area contributed by atoms with Gasteiger partial charge in [-0.05, 0) is 36.6 Å². The van der Waals surface area contributed by atoms with Crippen LogP contribution in [0.4, 0.5) is 0 Å². The summed E-state index contributed by atoms with van der Waals surface area (Å²) in [6, 6.07) is 7.02. The van der Waals surface area contributed by atoms with Crippen LogP contribution in [0.25, 0.3) is 11.0 Å². The van der Waals surface area contributed by atoms with Crippen LogP contribution in [0.15, 0.2) is 37.9 Å². The van der Waals surface area contributed by atoms with Crippen LogP contribution in [0.3, 0.4) is 0 Å². The number of unbranched alkanes of at least 4 members (excludes halogenated alkanes) is 1. The Labute approximate surface area is 135 Å². The van der Waals surface area contributed by atoms with Crippen molar-refractivity contribution < 1.29 is 8.63 Å². The summed E-state index contributed by atoms with van der Waals surface area (Å²) in [5.41, 5.74) is 0.997. The molecule has 5 heteroatoms. The minimum Gasteiger partial charge on any atom is -0.423 e. The van der Waals surface area contributed by atoms with Gasteiger partial charge in [-0.1, -0.05) is 36.2 Å². The Hall–Kier alpha value is -0.940. The van der Waals surface area contributed by atoms with Crippen molar-refractivity contribution in [1.82, 2.24) is 0 Å². The van der Waals surface area contributed by atoms with E-state index >= 15 is 0 Å². The quantitative estimate of drug-likeness (QED) is 0.700. The highest BCUT2D eigenvalue weighted by Crippen LogP contribution is 2.31. The number of hydrogen-bond donors (Lipinski definition) is 0. The standard InChI is InChI=1S/C16H19BrO3S/c1-3-5-8-21(19)15(4-2)13-10-16(18)20-14-7-6-11(17)9-12(13)14/h6-7,9-10,15H,3-5,8H2,1-2H3. The maximum absolute atomic E-state index is 12.5. The molecule has 1 aromatic carbocycles. The summed E-state index contributed by atoms with van der Waals surface area (Å²) >= 11 is 3.44. The Bertz CT molecular complexity index is 708. The van der Waals surface area contributed by atoms with Crippen molar-refractivity contribution in [3.05, 3.63) is 44.7 Å². The number of fused-ring (bicyclic) bond motifs is 1. The van der Waals surface area contributed by atoms with Crippen LogP contribution in [0, 0.1) is 0 Å². The van der Waals surface area contributed by atoms with Gasteiger partial charge in [0.15, 0.2) is 0 Å². The van der Waals surface area contributed by atoms with Crippen LogP contribution in [-0.4, -0.2) is 9.96 Å². The van der Waals surface area contributed by atoms with Gasteiger partial charge in [0.05, 0.1) is 5.25 Å². The van der Waals surface area contributed by atoms with Crippen LogP contribution >= 0.6 is 15.9 Å². The van der Waals surface area contributed by atoms with E-state index in [0.717, 1.165) is 34.7 Å². The summed E-state index contributed by atoms with van der Waals surface area (Å²) in [6.45, 7) is 4.09. The van der Waals surface area contributed by atoms with Gasteiger partial charge in [-0.3, -0.25) is 4.21 Å². The predicted molar refractivity (Wildman–Crippen MR) is 91.1 cm³/mol. The molecular weight excluding hydrogens is 352 g/mol. The molecule has 0 N–H and O–H groups in total. The Balaban J connectivity index is 2.54. The molecule has 21 heavy (non-hydrogen) atoms. The topological polar surface area (TPSA) is 47.3 Å². The normalized spacial score (nSPS) is 14.2. The molecule has 0 aliphatic carbocycles. The Morgan fingerprint density at radius 2 is 2.05 bits per heavy atom. The van der Waals surface area contributed by atoms with E-state index in [1.165, 1.54) is 6.07 Å². The van der Waals surface area contributed by atoms with Crippen LogP contribution in [0.1, 0.15) is 43.9 Å². The van der Waals surface area contributed by atoms with Crippen molar-refractivity contribution in [2.24, 2.45) is 0 Å². The summed E-state index contributed by atoms with van der Waals surface area (Å²) in [5.74, 6) is 0.671. The van der Waals surface area contributed by atoms with Gasteiger partial charge >= 0.3 is 5.63 Å². The number of rotatable bonds is 6. The molecule has 2 aromatic rings. The lowest BCUT2D eigenvalue weighted by molar-refractivity contribution is 0.558. The number of hydrogen-bond acceptors (Lipinski definition) is 3. The summed E-state index contributed by atoms with van der Waals surface area (Å²) in [6.07, 6.45) is 2.69. The average molecular weight is 371 g/mol. The van der Waals surface area contributed by atoms with E-state index in [0.29, 0.717) is 11.3 Å². The summed E-state index contributed by atoms with van der Waals surface area (Å²) in [4.78, 5) is 11.8. The molecule has 1 aromatic heterocycles.